The number of aliphatic hydroxyl groups excluding tert-OH is 1. The van der Waals surface area contributed by atoms with Gasteiger partial charge in [-0.25, -0.2) is 0 Å². The van der Waals surface area contributed by atoms with Crippen LogP contribution < -0.4 is 0 Å². The molecule has 0 saturated heterocycles. The van der Waals surface area contributed by atoms with Gasteiger partial charge in [-0.05, 0) is 30.6 Å². The van der Waals surface area contributed by atoms with Crippen LogP contribution in [0.15, 0.2) is 0 Å². The monoisotopic (exact) mass is 272 g/mol. The highest BCUT2D eigenvalue weighted by Crippen LogP contribution is 2.38. The van der Waals surface area contributed by atoms with Gasteiger partial charge in [-0.3, -0.25) is 4.79 Å². The zero-order valence-electron chi connectivity index (χ0n) is 12.4. The summed E-state index contributed by atoms with van der Waals surface area (Å²) in [7, 11) is 0. The predicted molar refractivity (Wildman–Crippen MR) is 73.7 cm³/mol. The van der Waals surface area contributed by atoms with E-state index in [4.69, 9.17) is 14.6 Å². The number of ether oxygens (including phenoxy) is 2. The van der Waals surface area contributed by atoms with Crippen molar-refractivity contribution in [2.24, 2.45) is 23.7 Å². The van der Waals surface area contributed by atoms with Gasteiger partial charge < -0.3 is 14.6 Å². The average molecular weight is 272 g/mol. The van der Waals surface area contributed by atoms with Gasteiger partial charge in [0.15, 0.2) is 0 Å². The molecule has 0 aromatic heterocycles. The van der Waals surface area contributed by atoms with Crippen molar-refractivity contribution in [1.29, 1.82) is 0 Å². The molecule has 0 spiro atoms. The van der Waals surface area contributed by atoms with Gasteiger partial charge in [0.25, 0.3) is 0 Å². The number of esters is 1. The molecule has 0 radical (unpaired) electrons. The molecular weight excluding hydrogens is 244 g/mol. The number of aliphatic hydroxyl groups is 1. The summed E-state index contributed by atoms with van der Waals surface area (Å²) < 4.78 is 10.4. The van der Waals surface area contributed by atoms with Crippen molar-refractivity contribution in [3.63, 3.8) is 0 Å². The van der Waals surface area contributed by atoms with Gasteiger partial charge in [0.05, 0.1) is 25.7 Å². The number of hydrogen-bond donors (Lipinski definition) is 1. The van der Waals surface area contributed by atoms with E-state index in [0.29, 0.717) is 31.0 Å². The van der Waals surface area contributed by atoms with Crippen molar-refractivity contribution < 1.29 is 19.4 Å². The third-order valence-corrected chi connectivity index (χ3v) is 4.03. The highest BCUT2D eigenvalue weighted by molar-refractivity contribution is 5.73. The number of carbonyl (C=O) groups excluding carboxylic acids is 1. The van der Waals surface area contributed by atoms with Crippen LogP contribution in [0.25, 0.3) is 0 Å². The Labute approximate surface area is 116 Å². The maximum absolute atomic E-state index is 12.2. The summed E-state index contributed by atoms with van der Waals surface area (Å²) >= 11 is 0. The van der Waals surface area contributed by atoms with Crippen LogP contribution in [0.3, 0.4) is 0 Å². The fraction of sp³-hybridized carbons (Fsp3) is 0.933. The molecule has 4 heteroatoms. The van der Waals surface area contributed by atoms with Crippen LogP contribution >= 0.6 is 0 Å². The van der Waals surface area contributed by atoms with E-state index in [9.17, 15) is 4.79 Å². The molecule has 0 heterocycles. The van der Waals surface area contributed by atoms with E-state index >= 15 is 0 Å². The van der Waals surface area contributed by atoms with E-state index in [-0.39, 0.29) is 25.1 Å². The number of carbonyl (C=O) groups is 1. The van der Waals surface area contributed by atoms with Crippen LogP contribution in [-0.4, -0.2) is 37.5 Å². The van der Waals surface area contributed by atoms with Crippen molar-refractivity contribution >= 4 is 5.97 Å². The first kappa shape index (κ1) is 16.4. The van der Waals surface area contributed by atoms with Crippen molar-refractivity contribution in [1.82, 2.24) is 0 Å². The van der Waals surface area contributed by atoms with E-state index in [1.54, 1.807) is 0 Å². The Balaban J connectivity index is 2.38. The number of rotatable bonds is 7. The van der Waals surface area contributed by atoms with Crippen molar-refractivity contribution in [3.8, 4) is 0 Å². The predicted octanol–water partition coefficient (Wildman–Crippen LogP) is 2.25. The molecule has 19 heavy (non-hydrogen) atoms. The topological polar surface area (TPSA) is 55.8 Å². The fourth-order valence-corrected chi connectivity index (χ4v) is 2.95. The lowest BCUT2D eigenvalue weighted by Crippen LogP contribution is -2.34. The van der Waals surface area contributed by atoms with Crippen molar-refractivity contribution in [2.45, 2.75) is 40.0 Å². The third-order valence-electron chi connectivity index (χ3n) is 4.03. The molecule has 1 rings (SSSR count). The summed E-state index contributed by atoms with van der Waals surface area (Å²) in [5.41, 5.74) is 0. The van der Waals surface area contributed by atoms with Gasteiger partial charge in [-0.2, -0.15) is 0 Å². The molecule has 112 valence electrons. The maximum atomic E-state index is 12.2. The van der Waals surface area contributed by atoms with Gasteiger partial charge in [-0.15, -0.1) is 0 Å². The molecule has 0 amide bonds. The summed E-state index contributed by atoms with van der Waals surface area (Å²) in [6, 6.07) is 0. The van der Waals surface area contributed by atoms with Crippen molar-refractivity contribution in [2.75, 3.05) is 26.4 Å². The van der Waals surface area contributed by atoms with Gasteiger partial charge >= 0.3 is 5.97 Å². The largest absolute Gasteiger partial charge is 0.463 e. The Kier molecular flexibility index (Phi) is 7.39. The van der Waals surface area contributed by atoms with E-state index in [0.717, 1.165) is 12.8 Å². The molecule has 4 nitrogen and oxygen atoms in total. The lowest BCUT2D eigenvalue weighted by Gasteiger charge is -2.35. The Hall–Kier alpha value is -0.610. The summed E-state index contributed by atoms with van der Waals surface area (Å²) in [5, 5.41) is 8.57. The van der Waals surface area contributed by atoms with Gasteiger partial charge in [0, 0.05) is 0 Å². The highest BCUT2D eigenvalue weighted by atomic mass is 16.6. The van der Waals surface area contributed by atoms with Crippen LogP contribution in [-0.2, 0) is 14.3 Å². The van der Waals surface area contributed by atoms with Crippen LogP contribution in [0.5, 0.6) is 0 Å². The molecule has 0 aliphatic heterocycles. The van der Waals surface area contributed by atoms with Gasteiger partial charge in [0.1, 0.15) is 6.61 Å². The standard InChI is InChI=1S/C15H28O4/c1-11(2)13-5-4-12(3)10-14(13)15(17)19-9-8-18-7-6-16/h11-14,16H,4-10H2,1-3H3. The molecule has 0 bridgehead atoms. The zero-order chi connectivity index (χ0) is 14.3. The second kappa shape index (κ2) is 8.54. The van der Waals surface area contributed by atoms with Crippen LogP contribution in [0.1, 0.15) is 40.0 Å². The van der Waals surface area contributed by atoms with Crippen molar-refractivity contribution in [3.05, 3.63) is 0 Å². The van der Waals surface area contributed by atoms with Crippen LogP contribution in [0.4, 0.5) is 0 Å². The van der Waals surface area contributed by atoms with Crippen LogP contribution in [0.2, 0.25) is 0 Å². The lowest BCUT2D eigenvalue weighted by atomic mass is 9.70. The second-order valence-electron chi connectivity index (χ2n) is 5.94. The third kappa shape index (κ3) is 5.49. The molecule has 1 aliphatic rings. The SMILES string of the molecule is CC1CCC(C(C)C)C(C(=O)OCCOCCO)C1. The molecule has 1 fully saturated rings. The molecular formula is C15H28O4. The summed E-state index contributed by atoms with van der Waals surface area (Å²) in [6.45, 7) is 7.53. The van der Waals surface area contributed by atoms with Gasteiger partial charge in [0.2, 0.25) is 0 Å². The first-order valence-electron chi connectivity index (χ1n) is 7.41. The smallest absolute Gasteiger partial charge is 0.309 e. The summed E-state index contributed by atoms with van der Waals surface area (Å²) in [6.07, 6.45) is 3.28. The second-order valence-corrected chi connectivity index (χ2v) is 5.94. The van der Waals surface area contributed by atoms with E-state index < -0.39 is 0 Å². The molecule has 1 N–H and O–H groups in total. The minimum absolute atomic E-state index is 0.00348. The molecule has 1 aliphatic carbocycles. The first-order valence-corrected chi connectivity index (χ1v) is 7.41. The maximum Gasteiger partial charge on any atom is 0.309 e. The minimum atomic E-state index is -0.0714. The molecule has 0 aromatic carbocycles. The molecule has 1 saturated carbocycles. The highest BCUT2D eigenvalue weighted by Gasteiger charge is 2.36. The van der Waals surface area contributed by atoms with E-state index in [2.05, 4.69) is 20.8 Å². The molecule has 0 aromatic rings. The fourth-order valence-electron chi connectivity index (χ4n) is 2.95. The normalized spacial score (nSPS) is 27.5. The van der Waals surface area contributed by atoms with Crippen LogP contribution in [0, 0.1) is 23.7 Å². The Morgan fingerprint density at radius 2 is 2.00 bits per heavy atom. The number of hydrogen-bond acceptors (Lipinski definition) is 4. The average Bonchev–Trinajstić information content (AvgIpc) is 2.37. The Morgan fingerprint density at radius 1 is 1.26 bits per heavy atom. The summed E-state index contributed by atoms with van der Waals surface area (Å²) in [4.78, 5) is 12.2. The zero-order valence-corrected chi connectivity index (χ0v) is 12.4. The molecule has 3 atom stereocenters. The minimum Gasteiger partial charge on any atom is -0.463 e. The Morgan fingerprint density at radius 3 is 2.63 bits per heavy atom. The van der Waals surface area contributed by atoms with E-state index in [1.165, 1.54) is 6.42 Å². The Bertz CT molecular complexity index is 265. The molecule has 3 unspecified atom stereocenters. The lowest BCUT2D eigenvalue weighted by molar-refractivity contribution is -0.155. The first-order chi connectivity index (χ1) is 9.06. The van der Waals surface area contributed by atoms with E-state index in [1.807, 2.05) is 0 Å². The quantitative estimate of drug-likeness (QED) is 0.570. The summed E-state index contributed by atoms with van der Waals surface area (Å²) in [5.74, 6) is 1.55. The van der Waals surface area contributed by atoms with Gasteiger partial charge in [-0.1, -0.05) is 27.2 Å².